The van der Waals surface area contributed by atoms with E-state index in [1.807, 2.05) is 0 Å². The summed E-state index contributed by atoms with van der Waals surface area (Å²) in [6.07, 6.45) is 1.13. The van der Waals surface area contributed by atoms with E-state index >= 15 is 0 Å². The van der Waals surface area contributed by atoms with Gasteiger partial charge in [-0.05, 0) is 12.1 Å². The number of fused-ring (bicyclic) bond motifs is 1. The third-order valence-electron chi connectivity index (χ3n) is 2.01. The van der Waals surface area contributed by atoms with Gasteiger partial charge in [-0.25, -0.2) is 0 Å². The summed E-state index contributed by atoms with van der Waals surface area (Å²) in [7, 11) is 0. The van der Waals surface area contributed by atoms with Gasteiger partial charge in [-0.2, -0.15) is 0 Å². The number of aromatic hydroxyl groups is 2. The number of carbonyl (C=O) groups is 1. The summed E-state index contributed by atoms with van der Waals surface area (Å²) >= 11 is 0. The van der Waals surface area contributed by atoms with Gasteiger partial charge in [-0.3, -0.25) is 4.98 Å². The summed E-state index contributed by atoms with van der Waals surface area (Å²) in [5.74, 6) is -1.95. The Balaban J connectivity index is 0.00000128. The first-order chi connectivity index (χ1) is 7.08. The average Bonchev–Trinajstić information content (AvgIpc) is 2.19. The summed E-state index contributed by atoms with van der Waals surface area (Å²) in [6, 6.07) is 3.81. The quantitative estimate of drug-likeness (QED) is 0.400. The van der Waals surface area contributed by atoms with Crippen LogP contribution >= 0.6 is 0 Å². The fourth-order valence-corrected chi connectivity index (χ4v) is 1.26. The van der Waals surface area contributed by atoms with E-state index in [0.717, 1.165) is 6.20 Å². The molecule has 0 saturated carbocycles. The van der Waals surface area contributed by atoms with E-state index in [9.17, 15) is 20.1 Å². The van der Waals surface area contributed by atoms with Crippen molar-refractivity contribution in [1.82, 2.24) is 4.98 Å². The first kappa shape index (κ1) is 12.8. The summed E-state index contributed by atoms with van der Waals surface area (Å²) in [4.78, 5) is 14.3. The van der Waals surface area contributed by atoms with Crippen LogP contribution in [0.25, 0.3) is 10.9 Å². The van der Waals surface area contributed by atoms with Crippen molar-refractivity contribution in [1.29, 1.82) is 0 Å². The summed E-state index contributed by atoms with van der Waals surface area (Å²) < 4.78 is 0. The Morgan fingerprint density at radius 2 is 1.81 bits per heavy atom. The summed E-state index contributed by atoms with van der Waals surface area (Å²) in [6.45, 7) is 0. The predicted molar refractivity (Wildman–Crippen MR) is 49.4 cm³/mol. The molecule has 0 saturated heterocycles. The zero-order chi connectivity index (χ0) is 11.0. The number of aromatic nitrogens is 1. The molecule has 2 rings (SSSR count). The number of carbonyl (C=O) groups excluding carboxylic acids is 1. The number of carboxylic acid groups (broad SMARTS) is 1. The van der Waals surface area contributed by atoms with Crippen molar-refractivity contribution in [3.05, 3.63) is 30.0 Å². The molecule has 0 bridgehead atoms. The van der Waals surface area contributed by atoms with E-state index < -0.39 is 5.97 Å². The molecule has 0 unspecified atom stereocenters. The van der Waals surface area contributed by atoms with Gasteiger partial charge in [0.05, 0.1) is 11.5 Å². The Hall–Kier alpha value is -1.30. The number of pyridine rings is 1. The average molecular weight is 227 g/mol. The molecule has 2 N–H and O–H groups in total. The van der Waals surface area contributed by atoms with Crippen molar-refractivity contribution >= 4 is 16.9 Å². The molecule has 1 aromatic heterocycles. The molecule has 0 radical (unpaired) electrons. The number of phenolic OH excluding ortho intramolecular Hbond substituents is 2. The predicted octanol–water partition coefficient (Wildman–Crippen LogP) is -2.99. The second-order valence-electron chi connectivity index (χ2n) is 3.05. The van der Waals surface area contributed by atoms with Gasteiger partial charge < -0.3 is 20.1 Å². The van der Waals surface area contributed by atoms with Crippen molar-refractivity contribution < 1.29 is 49.7 Å². The fourth-order valence-electron chi connectivity index (χ4n) is 1.26. The minimum Gasteiger partial charge on any atom is -0.545 e. The Kier molecular flexibility index (Phi) is 3.74. The van der Waals surface area contributed by atoms with Crippen LogP contribution in [-0.4, -0.2) is 21.2 Å². The molecule has 5 nitrogen and oxygen atoms in total. The van der Waals surface area contributed by atoms with E-state index in [0.29, 0.717) is 10.9 Å². The molecule has 1 heterocycles. The van der Waals surface area contributed by atoms with Crippen molar-refractivity contribution in [3.63, 3.8) is 0 Å². The van der Waals surface area contributed by atoms with Gasteiger partial charge in [0.15, 0.2) is 11.5 Å². The first-order valence-corrected chi connectivity index (χ1v) is 4.11. The second kappa shape index (κ2) is 4.69. The Bertz CT molecular complexity index is 556. The van der Waals surface area contributed by atoms with Crippen LogP contribution in [0, 0.1) is 0 Å². The molecular formula is C10H6NNaO4. The molecule has 16 heavy (non-hydrogen) atoms. The van der Waals surface area contributed by atoms with Crippen molar-refractivity contribution in [2.75, 3.05) is 0 Å². The molecule has 0 fully saturated rings. The van der Waals surface area contributed by atoms with Crippen LogP contribution in [0.2, 0.25) is 0 Å². The Morgan fingerprint density at radius 1 is 1.19 bits per heavy atom. The Labute approximate surface area is 113 Å². The van der Waals surface area contributed by atoms with Gasteiger partial charge in [-0.1, -0.05) is 0 Å². The van der Waals surface area contributed by atoms with E-state index in [-0.39, 0.29) is 46.6 Å². The van der Waals surface area contributed by atoms with Gasteiger partial charge in [0.2, 0.25) is 0 Å². The second-order valence-corrected chi connectivity index (χ2v) is 3.05. The normalized spacial score (nSPS) is 9.75. The molecule has 0 spiro atoms. The van der Waals surface area contributed by atoms with Crippen molar-refractivity contribution in [2.24, 2.45) is 0 Å². The minimum absolute atomic E-state index is 0. The molecular weight excluding hydrogens is 221 g/mol. The minimum atomic E-state index is -1.34. The maximum atomic E-state index is 10.5. The summed E-state index contributed by atoms with van der Waals surface area (Å²) in [5, 5.41) is 29.3. The largest absolute Gasteiger partial charge is 1.00 e. The maximum Gasteiger partial charge on any atom is 1.00 e. The van der Waals surface area contributed by atoms with Crippen molar-refractivity contribution in [2.45, 2.75) is 0 Å². The number of hydrogen-bond acceptors (Lipinski definition) is 5. The van der Waals surface area contributed by atoms with Crippen LogP contribution in [0.5, 0.6) is 11.5 Å². The Morgan fingerprint density at radius 3 is 2.44 bits per heavy atom. The molecule has 76 valence electrons. The molecule has 2 aromatic rings. The number of nitrogens with zero attached hydrogens (tertiary/aromatic N) is 1. The third-order valence-corrected chi connectivity index (χ3v) is 2.01. The third kappa shape index (κ3) is 2.27. The van der Waals surface area contributed by atoms with Crippen LogP contribution in [0.3, 0.4) is 0 Å². The fraction of sp³-hybridized carbons (Fsp3) is 0. The van der Waals surface area contributed by atoms with Gasteiger partial charge in [0.1, 0.15) is 0 Å². The summed E-state index contributed by atoms with van der Waals surface area (Å²) in [5.41, 5.74) is 0.322. The van der Waals surface area contributed by atoms with Crippen LogP contribution < -0.4 is 34.7 Å². The zero-order valence-electron chi connectivity index (χ0n) is 8.47. The maximum absolute atomic E-state index is 10.5. The number of benzene rings is 1. The van der Waals surface area contributed by atoms with Crippen molar-refractivity contribution in [3.8, 4) is 11.5 Å². The van der Waals surface area contributed by atoms with Gasteiger partial charge in [0, 0.05) is 23.2 Å². The molecule has 6 heteroatoms. The number of carboxylic acids is 1. The monoisotopic (exact) mass is 227 g/mol. The smallest absolute Gasteiger partial charge is 0.545 e. The van der Waals surface area contributed by atoms with Crippen LogP contribution in [0.1, 0.15) is 10.4 Å². The number of aromatic carboxylic acids is 1. The van der Waals surface area contributed by atoms with Crippen LogP contribution in [-0.2, 0) is 0 Å². The van der Waals surface area contributed by atoms with Gasteiger partial charge in [-0.15, -0.1) is 0 Å². The standard InChI is InChI=1S/C10H7NO4.Na/c12-8-2-5-1-6(10(14)15)4-11-7(5)3-9(8)13;/h1-4,12-13H,(H,14,15);/q;+1/p-1. The number of phenols is 2. The molecule has 0 amide bonds. The zero-order valence-corrected chi connectivity index (χ0v) is 10.5. The topological polar surface area (TPSA) is 93.5 Å². The molecule has 0 atom stereocenters. The van der Waals surface area contributed by atoms with Crippen LogP contribution in [0.4, 0.5) is 0 Å². The van der Waals surface area contributed by atoms with E-state index in [2.05, 4.69) is 4.98 Å². The van der Waals surface area contributed by atoms with Crippen LogP contribution in [0.15, 0.2) is 24.4 Å². The van der Waals surface area contributed by atoms with E-state index in [4.69, 9.17) is 0 Å². The number of rotatable bonds is 1. The molecule has 0 aliphatic rings. The van der Waals surface area contributed by atoms with Gasteiger partial charge >= 0.3 is 29.6 Å². The molecule has 0 aliphatic carbocycles. The van der Waals surface area contributed by atoms with Gasteiger partial charge in [0.25, 0.3) is 0 Å². The molecule has 0 aliphatic heterocycles. The first-order valence-electron chi connectivity index (χ1n) is 4.11. The SMILES string of the molecule is O=C([O-])c1cnc2cc(O)c(O)cc2c1.[Na+]. The van der Waals surface area contributed by atoms with E-state index in [1.54, 1.807) is 0 Å². The number of hydrogen-bond donors (Lipinski definition) is 2. The molecule has 1 aromatic carbocycles. The van der Waals surface area contributed by atoms with E-state index in [1.165, 1.54) is 18.2 Å².